The van der Waals surface area contributed by atoms with Crippen LogP contribution < -0.4 is 5.73 Å². The van der Waals surface area contributed by atoms with Crippen molar-refractivity contribution in [2.75, 3.05) is 12.8 Å². The maximum Gasteiger partial charge on any atom is 0.267 e. The van der Waals surface area contributed by atoms with Gasteiger partial charge in [0.15, 0.2) is 0 Å². The van der Waals surface area contributed by atoms with E-state index in [1.165, 1.54) is 0 Å². The highest BCUT2D eigenvalue weighted by atomic mass is 16.3. The van der Waals surface area contributed by atoms with Crippen LogP contribution in [0.3, 0.4) is 0 Å². The zero-order valence-electron chi connectivity index (χ0n) is 16.2. The summed E-state index contributed by atoms with van der Waals surface area (Å²) in [5.74, 6) is 5.84. The highest BCUT2D eigenvalue weighted by molar-refractivity contribution is 5.93. The van der Waals surface area contributed by atoms with Crippen LogP contribution in [0.4, 0.5) is 5.82 Å². The Morgan fingerprint density at radius 3 is 2.90 bits per heavy atom. The van der Waals surface area contributed by atoms with Crippen LogP contribution in [0.15, 0.2) is 42.6 Å². The number of pyridine rings is 2. The molecule has 144 valence electrons. The summed E-state index contributed by atoms with van der Waals surface area (Å²) in [4.78, 5) is 22.8. The number of likely N-dealkylation sites (N-methyl/N-ethyl adjacent to an activating group) is 1. The Morgan fingerprint density at radius 2 is 2.14 bits per heavy atom. The molecule has 0 radical (unpaired) electrons. The number of piperidine rings is 1. The van der Waals surface area contributed by atoms with E-state index in [-0.39, 0.29) is 17.9 Å². The molecule has 0 bridgehead atoms. The van der Waals surface area contributed by atoms with Gasteiger partial charge in [-0.25, -0.2) is 9.97 Å². The number of carbonyl (C=O) groups excluding carboxylic acids is 1. The minimum absolute atomic E-state index is 0.0871. The number of amides is 1. The van der Waals surface area contributed by atoms with Crippen LogP contribution in [0.1, 0.15) is 17.5 Å². The Morgan fingerprint density at radius 1 is 1.31 bits per heavy atom. The van der Waals surface area contributed by atoms with Crippen molar-refractivity contribution in [2.24, 2.45) is 5.92 Å². The van der Waals surface area contributed by atoms with Gasteiger partial charge in [-0.05, 0) is 43.2 Å². The number of nitrogens with two attached hydrogens (primary N) is 1. The van der Waals surface area contributed by atoms with Gasteiger partial charge in [-0.15, -0.1) is 0 Å². The van der Waals surface area contributed by atoms with E-state index in [1.54, 1.807) is 18.1 Å². The number of benzene rings is 1. The Hall–Kier alpha value is -3.43. The van der Waals surface area contributed by atoms with Gasteiger partial charge >= 0.3 is 0 Å². The van der Waals surface area contributed by atoms with Crippen LogP contribution in [0.2, 0.25) is 0 Å². The molecule has 1 aliphatic heterocycles. The van der Waals surface area contributed by atoms with Gasteiger partial charge in [0, 0.05) is 41.7 Å². The molecule has 3 heterocycles. The fourth-order valence-electron chi connectivity index (χ4n) is 4.20. The molecular formula is C23H20N4O2. The Kier molecular flexibility index (Phi) is 3.67. The molecule has 1 amide bonds. The predicted molar refractivity (Wildman–Crippen MR) is 111 cm³/mol. The number of rotatable bonds is 1. The normalized spacial score (nSPS) is 24.9. The quantitative estimate of drug-likeness (QED) is 0.627. The van der Waals surface area contributed by atoms with E-state index >= 15 is 0 Å². The van der Waals surface area contributed by atoms with E-state index in [0.29, 0.717) is 16.9 Å². The van der Waals surface area contributed by atoms with Crippen LogP contribution in [0, 0.1) is 24.7 Å². The molecule has 6 heteroatoms. The summed E-state index contributed by atoms with van der Waals surface area (Å²) in [5.41, 5.74) is 8.55. The van der Waals surface area contributed by atoms with Crippen molar-refractivity contribution < 1.29 is 9.90 Å². The number of likely N-dealkylation sites (tertiary alicyclic amines) is 1. The Labute approximate surface area is 168 Å². The van der Waals surface area contributed by atoms with Gasteiger partial charge in [0.25, 0.3) is 5.91 Å². The van der Waals surface area contributed by atoms with E-state index in [9.17, 15) is 9.90 Å². The van der Waals surface area contributed by atoms with Gasteiger partial charge in [-0.2, -0.15) is 0 Å². The highest BCUT2D eigenvalue weighted by Gasteiger charge is 2.66. The summed E-state index contributed by atoms with van der Waals surface area (Å²) in [6, 6.07) is 11.6. The third-order valence-electron chi connectivity index (χ3n) is 5.96. The van der Waals surface area contributed by atoms with Crippen molar-refractivity contribution in [1.82, 2.24) is 14.9 Å². The lowest BCUT2D eigenvalue weighted by Gasteiger charge is -2.18. The molecule has 1 saturated heterocycles. The summed E-state index contributed by atoms with van der Waals surface area (Å²) < 4.78 is 0. The number of nitrogens with zero attached hydrogens (tertiary/aromatic N) is 3. The number of aryl methyl sites for hydroxylation is 1. The van der Waals surface area contributed by atoms with Crippen molar-refractivity contribution in [2.45, 2.75) is 25.0 Å². The number of carbonyl (C=O) groups is 1. The third kappa shape index (κ3) is 2.66. The van der Waals surface area contributed by atoms with Crippen molar-refractivity contribution in [1.29, 1.82) is 0 Å². The smallest absolute Gasteiger partial charge is 0.267 e. The molecule has 1 saturated carbocycles. The first kappa shape index (κ1) is 17.7. The van der Waals surface area contributed by atoms with Gasteiger partial charge in [0.2, 0.25) is 5.60 Å². The Balaban J connectivity index is 1.53. The second-order valence-electron chi connectivity index (χ2n) is 7.84. The number of anilines is 1. The Bertz CT molecular complexity index is 1240. The number of aromatic nitrogens is 2. The maximum atomic E-state index is 12.3. The first-order valence-corrected chi connectivity index (χ1v) is 9.53. The van der Waals surface area contributed by atoms with Crippen molar-refractivity contribution in [3.8, 4) is 23.1 Å². The lowest BCUT2D eigenvalue weighted by Crippen LogP contribution is -2.41. The van der Waals surface area contributed by atoms with E-state index in [0.717, 1.165) is 28.6 Å². The molecule has 1 aliphatic carbocycles. The van der Waals surface area contributed by atoms with Crippen molar-refractivity contribution in [3.63, 3.8) is 0 Å². The second-order valence-corrected chi connectivity index (χ2v) is 7.84. The molecule has 5 rings (SSSR count). The maximum absolute atomic E-state index is 12.3. The molecule has 6 nitrogen and oxygen atoms in total. The number of aliphatic hydroxyl groups is 1. The molecule has 3 N–H and O–H groups in total. The third-order valence-corrected chi connectivity index (χ3v) is 5.96. The number of fused-ring (bicyclic) bond motifs is 2. The number of nitrogen functional groups attached to an aromatic ring is 1. The molecule has 0 spiro atoms. The largest absolute Gasteiger partial charge is 0.382 e. The highest BCUT2D eigenvalue weighted by Crippen LogP contribution is 2.50. The lowest BCUT2D eigenvalue weighted by atomic mass is 9.98. The van der Waals surface area contributed by atoms with Gasteiger partial charge in [-0.3, -0.25) is 4.79 Å². The summed E-state index contributed by atoms with van der Waals surface area (Å²) >= 11 is 0. The zero-order chi connectivity index (χ0) is 20.3. The minimum atomic E-state index is -1.58. The lowest BCUT2D eigenvalue weighted by molar-refractivity contribution is -0.140. The molecule has 2 fully saturated rings. The van der Waals surface area contributed by atoms with Gasteiger partial charge in [-0.1, -0.05) is 24.0 Å². The van der Waals surface area contributed by atoms with Crippen LogP contribution >= 0.6 is 0 Å². The molecule has 1 unspecified atom stereocenters. The molecule has 1 aromatic carbocycles. The summed E-state index contributed by atoms with van der Waals surface area (Å²) in [5, 5.41) is 11.7. The molecule has 29 heavy (non-hydrogen) atoms. The molecule has 2 aliphatic rings. The van der Waals surface area contributed by atoms with Gasteiger partial charge in [0.1, 0.15) is 11.3 Å². The SMILES string of the molecule is Cc1cc(-c2cccc(C#C[C@@]3(O)C(=O)N(C)[C@@H]4CC43)c2)nc2c(N)nccc12. The summed E-state index contributed by atoms with van der Waals surface area (Å²) in [6.45, 7) is 2.01. The van der Waals surface area contributed by atoms with E-state index in [4.69, 9.17) is 10.7 Å². The number of hydrogen-bond donors (Lipinski definition) is 2. The van der Waals surface area contributed by atoms with E-state index in [1.807, 2.05) is 43.3 Å². The monoisotopic (exact) mass is 384 g/mol. The van der Waals surface area contributed by atoms with Gasteiger partial charge in [0.05, 0.1) is 5.69 Å². The molecule has 3 atom stereocenters. The van der Waals surface area contributed by atoms with Crippen LogP contribution in [-0.2, 0) is 4.79 Å². The standard InChI is InChI=1S/C23H20N4O2/c1-13-10-18(26-20-16(13)7-9-25-21(20)24)15-5-3-4-14(11-15)6-8-23(29)17-12-19(17)27(2)22(23)28/h3-5,7,9-11,17,19,29H,12H2,1-2H3,(H2,24,25)/t17?,19-,23+/m1/s1. The summed E-state index contributed by atoms with van der Waals surface area (Å²) in [7, 11) is 1.72. The fourth-order valence-corrected chi connectivity index (χ4v) is 4.20. The van der Waals surface area contributed by atoms with Gasteiger partial charge < -0.3 is 15.7 Å². The van der Waals surface area contributed by atoms with Crippen LogP contribution in [0.5, 0.6) is 0 Å². The minimum Gasteiger partial charge on any atom is -0.382 e. The van der Waals surface area contributed by atoms with Crippen LogP contribution in [0.25, 0.3) is 22.2 Å². The first-order valence-electron chi connectivity index (χ1n) is 9.53. The molecule has 3 aromatic rings. The first-order chi connectivity index (χ1) is 13.9. The van der Waals surface area contributed by atoms with E-state index < -0.39 is 5.60 Å². The number of hydrogen-bond acceptors (Lipinski definition) is 5. The summed E-state index contributed by atoms with van der Waals surface area (Å²) in [6.07, 6.45) is 2.49. The van der Waals surface area contributed by atoms with Crippen LogP contribution in [-0.4, -0.2) is 44.6 Å². The topological polar surface area (TPSA) is 92.3 Å². The van der Waals surface area contributed by atoms with E-state index in [2.05, 4.69) is 16.8 Å². The van der Waals surface area contributed by atoms with Crippen molar-refractivity contribution >= 4 is 22.6 Å². The predicted octanol–water partition coefficient (Wildman–Crippen LogP) is 2.13. The van der Waals surface area contributed by atoms with Crippen molar-refractivity contribution in [3.05, 3.63) is 53.7 Å². The molecule has 2 aromatic heterocycles. The fraction of sp³-hybridized carbons (Fsp3) is 0.261. The second kappa shape index (κ2) is 6.03. The molecular weight excluding hydrogens is 364 g/mol. The zero-order valence-corrected chi connectivity index (χ0v) is 16.2. The average Bonchev–Trinajstić information content (AvgIpc) is 3.50. The average molecular weight is 384 g/mol.